The molecule has 2 aromatic carbocycles. The van der Waals surface area contributed by atoms with Crippen molar-refractivity contribution in [3.63, 3.8) is 0 Å². The van der Waals surface area contributed by atoms with Gasteiger partial charge in [0, 0.05) is 43.2 Å². The van der Waals surface area contributed by atoms with E-state index in [2.05, 4.69) is 4.98 Å². The van der Waals surface area contributed by atoms with Gasteiger partial charge in [-0.3, -0.25) is 9.69 Å². The van der Waals surface area contributed by atoms with E-state index < -0.39 is 40.9 Å². The molecule has 0 bridgehead atoms. The van der Waals surface area contributed by atoms with Crippen molar-refractivity contribution < 1.29 is 41.4 Å². The number of rotatable bonds is 6. The monoisotopic (exact) mass is 617 g/mol. The number of methoxy groups -OCH3 is 1. The smallest absolute Gasteiger partial charge is 0.416 e. The van der Waals surface area contributed by atoms with E-state index in [9.17, 15) is 27.9 Å². The van der Waals surface area contributed by atoms with Crippen LogP contribution in [0.15, 0.2) is 53.1 Å². The van der Waals surface area contributed by atoms with Crippen molar-refractivity contribution in [1.82, 2.24) is 14.8 Å². The Hall–Kier alpha value is -3.93. The Morgan fingerprint density at radius 1 is 1.07 bits per heavy atom. The van der Waals surface area contributed by atoms with Gasteiger partial charge in [0.1, 0.15) is 12.0 Å². The van der Waals surface area contributed by atoms with E-state index in [-0.39, 0.29) is 42.5 Å². The summed E-state index contributed by atoms with van der Waals surface area (Å²) in [5.74, 6) is -2.57. The van der Waals surface area contributed by atoms with Crippen LogP contribution in [-0.2, 0) is 11.0 Å². The average molecular weight is 618 g/mol. The molecule has 1 amide bonds. The topological polar surface area (TPSA) is 96.1 Å². The quantitative estimate of drug-likeness (QED) is 0.321. The number of carbonyl (C=O) groups is 2. The zero-order chi connectivity index (χ0) is 32.0. The number of carboxylic acid groups (broad SMARTS) is 1. The number of hydrogen-bond acceptors (Lipinski definition) is 6. The Labute approximate surface area is 252 Å². The molecule has 0 spiro atoms. The van der Waals surface area contributed by atoms with Crippen LogP contribution in [0.5, 0.6) is 5.75 Å². The molecule has 2 aliphatic heterocycles. The highest BCUT2D eigenvalue weighted by Gasteiger charge is 2.57. The van der Waals surface area contributed by atoms with E-state index in [0.29, 0.717) is 36.3 Å². The van der Waals surface area contributed by atoms with Crippen LogP contribution >= 0.6 is 0 Å². The third-order valence-corrected chi connectivity index (χ3v) is 8.75. The van der Waals surface area contributed by atoms with Crippen LogP contribution in [0.1, 0.15) is 72.6 Å². The van der Waals surface area contributed by atoms with Crippen molar-refractivity contribution in [3.8, 4) is 17.2 Å². The molecular formula is C32H35F4N3O5. The van der Waals surface area contributed by atoms with Crippen molar-refractivity contribution in [3.05, 3.63) is 71.1 Å². The van der Waals surface area contributed by atoms with Gasteiger partial charge in [0.15, 0.2) is 5.69 Å². The first-order chi connectivity index (χ1) is 20.6. The van der Waals surface area contributed by atoms with Gasteiger partial charge in [-0.1, -0.05) is 18.2 Å². The number of benzene rings is 2. The molecular weight excluding hydrogens is 582 g/mol. The molecule has 1 aromatic heterocycles. The van der Waals surface area contributed by atoms with Gasteiger partial charge < -0.3 is 19.2 Å². The minimum absolute atomic E-state index is 0.0373. The first kappa shape index (κ1) is 31.5. The van der Waals surface area contributed by atoms with Crippen molar-refractivity contribution in [2.24, 2.45) is 0 Å². The van der Waals surface area contributed by atoms with E-state index in [1.165, 1.54) is 11.0 Å². The van der Waals surface area contributed by atoms with Gasteiger partial charge in [0.05, 0.1) is 12.7 Å². The molecule has 2 fully saturated rings. The maximum atomic E-state index is 17.1. The van der Waals surface area contributed by atoms with Crippen molar-refractivity contribution in [2.45, 2.75) is 62.8 Å². The summed E-state index contributed by atoms with van der Waals surface area (Å²) in [6.45, 7) is 6.64. The number of oxazole rings is 1. The Bertz CT molecular complexity index is 1520. The predicted octanol–water partition coefficient (Wildman–Crippen LogP) is 6.38. The van der Waals surface area contributed by atoms with Gasteiger partial charge >= 0.3 is 12.1 Å². The third kappa shape index (κ3) is 6.04. The number of aromatic nitrogens is 1. The van der Waals surface area contributed by atoms with E-state index in [1.54, 1.807) is 31.4 Å². The Balaban J connectivity index is 1.39. The molecule has 0 unspecified atom stereocenters. The molecule has 8 nitrogen and oxygen atoms in total. The molecule has 3 heterocycles. The van der Waals surface area contributed by atoms with Gasteiger partial charge in [-0.25, -0.2) is 14.2 Å². The minimum Gasteiger partial charge on any atom is -0.497 e. The van der Waals surface area contributed by atoms with Crippen LogP contribution in [0.25, 0.3) is 11.5 Å². The SMILES string of the molecule is COc1ccc([C@@H]2CN(C(C)(C)C)C[C@@]2(F)C(=O)N2CCC(c3ccc(C(F)(F)F)cc3-c3nc(C(=O)O)co3)CC2)cc1. The van der Waals surface area contributed by atoms with Crippen molar-refractivity contribution in [1.29, 1.82) is 0 Å². The number of likely N-dealkylation sites (tertiary alicyclic amines) is 2. The number of carbonyl (C=O) groups excluding carboxylic acids is 1. The van der Waals surface area contributed by atoms with Gasteiger partial charge in [0.25, 0.3) is 5.91 Å². The summed E-state index contributed by atoms with van der Waals surface area (Å²) < 4.78 is 68.3. The summed E-state index contributed by atoms with van der Waals surface area (Å²) in [5.41, 5.74) is -2.67. The molecule has 0 radical (unpaired) electrons. The van der Waals surface area contributed by atoms with Crippen LogP contribution in [0.4, 0.5) is 17.6 Å². The third-order valence-electron chi connectivity index (χ3n) is 8.75. The molecule has 12 heteroatoms. The zero-order valence-corrected chi connectivity index (χ0v) is 24.9. The molecule has 1 N–H and O–H groups in total. The first-order valence-electron chi connectivity index (χ1n) is 14.4. The summed E-state index contributed by atoms with van der Waals surface area (Å²) >= 11 is 0. The lowest BCUT2D eigenvalue weighted by molar-refractivity contribution is -0.145. The molecule has 0 aliphatic carbocycles. The molecule has 2 saturated heterocycles. The summed E-state index contributed by atoms with van der Waals surface area (Å²) in [6.07, 6.45) is -3.03. The number of aromatic carboxylic acids is 1. The molecule has 0 saturated carbocycles. The highest BCUT2D eigenvalue weighted by molar-refractivity contribution is 5.88. The fraction of sp³-hybridized carbons (Fsp3) is 0.469. The van der Waals surface area contributed by atoms with Crippen LogP contribution < -0.4 is 4.74 Å². The predicted molar refractivity (Wildman–Crippen MR) is 153 cm³/mol. The number of nitrogens with zero attached hydrogens (tertiary/aromatic N) is 3. The fourth-order valence-corrected chi connectivity index (χ4v) is 6.18. The number of halogens is 4. The van der Waals surface area contributed by atoms with Gasteiger partial charge in [0.2, 0.25) is 11.6 Å². The summed E-state index contributed by atoms with van der Waals surface area (Å²) in [7, 11) is 1.55. The second-order valence-electron chi connectivity index (χ2n) is 12.4. The summed E-state index contributed by atoms with van der Waals surface area (Å²) in [5, 5.41) is 9.24. The molecule has 44 heavy (non-hydrogen) atoms. The maximum absolute atomic E-state index is 17.1. The summed E-state index contributed by atoms with van der Waals surface area (Å²) in [4.78, 5) is 32.6. The lowest BCUT2D eigenvalue weighted by atomic mass is 9.82. The second kappa shape index (κ2) is 11.5. The van der Waals surface area contributed by atoms with Crippen LogP contribution in [0, 0.1) is 0 Å². The Kier molecular flexibility index (Phi) is 8.25. The van der Waals surface area contributed by atoms with Gasteiger partial charge in [-0.2, -0.15) is 13.2 Å². The highest BCUT2D eigenvalue weighted by atomic mass is 19.4. The van der Waals surface area contributed by atoms with E-state index in [4.69, 9.17) is 9.15 Å². The fourth-order valence-electron chi connectivity index (χ4n) is 6.18. The number of carboxylic acids is 1. The van der Waals surface area contributed by atoms with E-state index in [1.807, 2.05) is 25.7 Å². The van der Waals surface area contributed by atoms with Crippen molar-refractivity contribution >= 4 is 11.9 Å². The number of amides is 1. The summed E-state index contributed by atoms with van der Waals surface area (Å²) in [6, 6.07) is 10.3. The number of hydrogen-bond donors (Lipinski definition) is 1. The first-order valence-corrected chi connectivity index (χ1v) is 14.4. The average Bonchev–Trinajstić information content (AvgIpc) is 3.62. The lowest BCUT2D eigenvalue weighted by Crippen LogP contribution is -2.53. The number of piperidine rings is 1. The Morgan fingerprint density at radius 3 is 2.27 bits per heavy atom. The van der Waals surface area contributed by atoms with E-state index >= 15 is 4.39 Å². The van der Waals surface area contributed by atoms with Gasteiger partial charge in [-0.15, -0.1) is 0 Å². The van der Waals surface area contributed by atoms with E-state index in [0.717, 1.165) is 18.4 Å². The normalized spacial score (nSPS) is 21.9. The maximum Gasteiger partial charge on any atom is 0.416 e. The molecule has 2 atom stereocenters. The van der Waals surface area contributed by atoms with Crippen LogP contribution in [-0.4, -0.2) is 76.3 Å². The Morgan fingerprint density at radius 2 is 1.73 bits per heavy atom. The standard InChI is InChI=1S/C32H35F4N3O5/c1-30(2,3)39-16-25(20-5-8-22(43-4)9-6-20)31(33,18-39)29(42)38-13-11-19(12-14-38)23-10-7-21(32(34,35)36)15-24(23)27-37-26(17-44-27)28(40)41/h5-10,15,17,19,25H,11-14,16,18H2,1-4H3,(H,40,41)/t25-,31-/m0/s1. The largest absolute Gasteiger partial charge is 0.497 e. The van der Waals surface area contributed by atoms with Gasteiger partial charge in [-0.05, 0) is 74.9 Å². The molecule has 236 valence electrons. The van der Waals surface area contributed by atoms with Crippen molar-refractivity contribution in [2.75, 3.05) is 33.3 Å². The lowest BCUT2D eigenvalue weighted by Gasteiger charge is -2.38. The van der Waals surface area contributed by atoms with Crippen LogP contribution in [0.2, 0.25) is 0 Å². The van der Waals surface area contributed by atoms with Crippen LogP contribution in [0.3, 0.4) is 0 Å². The molecule has 3 aromatic rings. The highest BCUT2D eigenvalue weighted by Crippen LogP contribution is 2.45. The minimum atomic E-state index is -4.64. The number of ether oxygens (including phenoxy) is 1. The molecule has 2 aliphatic rings. The zero-order valence-electron chi connectivity index (χ0n) is 24.9. The molecule has 5 rings (SSSR count). The number of alkyl halides is 4. The second-order valence-corrected chi connectivity index (χ2v) is 12.4.